The van der Waals surface area contributed by atoms with Gasteiger partial charge in [-0.3, -0.25) is 0 Å². The highest BCUT2D eigenvalue weighted by Gasteiger charge is 2.18. The summed E-state index contributed by atoms with van der Waals surface area (Å²) >= 11 is 1.46. The number of aromatic nitrogens is 5. The maximum absolute atomic E-state index is 12.2. The van der Waals surface area contributed by atoms with Crippen LogP contribution < -0.4 is 10.1 Å². The molecule has 0 amide bonds. The molecule has 4 rings (SSSR count). The highest BCUT2D eigenvalue weighted by Crippen LogP contribution is 2.29. The summed E-state index contributed by atoms with van der Waals surface area (Å²) in [6.45, 7) is 3.74. The molecule has 0 fully saturated rings. The fraction of sp³-hybridized carbons (Fsp3) is 0.211. The van der Waals surface area contributed by atoms with Crippen molar-refractivity contribution in [3.63, 3.8) is 0 Å². The van der Waals surface area contributed by atoms with Crippen LogP contribution in [0, 0.1) is 6.92 Å². The molecular weight excluding hydrogens is 392 g/mol. The average Bonchev–Trinajstić information content (AvgIpc) is 3.28. The number of fused-ring (bicyclic) bond motifs is 1. The van der Waals surface area contributed by atoms with Crippen LogP contribution in [-0.2, 0) is 4.74 Å². The molecule has 0 saturated carbocycles. The van der Waals surface area contributed by atoms with Gasteiger partial charge in [0, 0.05) is 17.1 Å². The summed E-state index contributed by atoms with van der Waals surface area (Å²) in [5.41, 5.74) is 2.06. The van der Waals surface area contributed by atoms with E-state index in [9.17, 15) is 4.79 Å². The second-order valence-corrected chi connectivity index (χ2v) is 6.84. The quantitative estimate of drug-likeness (QED) is 0.482. The highest BCUT2D eigenvalue weighted by atomic mass is 32.1. The van der Waals surface area contributed by atoms with Crippen molar-refractivity contribution in [2.24, 2.45) is 0 Å². The monoisotopic (exact) mass is 410 g/mol. The minimum atomic E-state index is -0.506. The number of carbonyl (C=O) groups excluding carboxylic acids is 1. The maximum Gasteiger partial charge on any atom is 0.343 e. The third-order valence-electron chi connectivity index (χ3n) is 4.08. The number of hydrogen-bond donors (Lipinski definition) is 1. The molecule has 0 aliphatic rings. The number of esters is 1. The van der Waals surface area contributed by atoms with Crippen LogP contribution >= 0.6 is 11.3 Å². The lowest BCUT2D eigenvalue weighted by Crippen LogP contribution is -2.11. The molecule has 3 heterocycles. The van der Waals surface area contributed by atoms with Crippen molar-refractivity contribution in [2.75, 3.05) is 19.0 Å². The molecule has 4 aromatic rings. The standard InChI is InChI=1S/C19H18N6O3S/c1-4-28-17(26)14-9-20-11(2)21-16(14)22-18-23-19-25(24-18)15(10-29-19)12-6-5-7-13(8-12)27-3/h5-10H,4H2,1-3H3,(H,20,21,22,24). The van der Waals surface area contributed by atoms with Gasteiger partial charge in [0.25, 0.3) is 0 Å². The number of ether oxygens (including phenoxy) is 2. The Morgan fingerprint density at radius 1 is 1.31 bits per heavy atom. The first-order valence-corrected chi connectivity index (χ1v) is 9.73. The van der Waals surface area contributed by atoms with Crippen LogP contribution in [0.4, 0.5) is 11.8 Å². The first kappa shape index (κ1) is 18.8. The number of carbonyl (C=O) groups is 1. The second-order valence-electron chi connectivity index (χ2n) is 6.01. The summed E-state index contributed by atoms with van der Waals surface area (Å²) in [7, 11) is 1.63. The molecule has 0 bridgehead atoms. The zero-order valence-corrected chi connectivity index (χ0v) is 16.9. The number of nitrogens with one attached hydrogen (secondary N) is 1. The Balaban J connectivity index is 1.69. The summed E-state index contributed by atoms with van der Waals surface area (Å²) in [4.78, 5) is 25.8. The van der Waals surface area contributed by atoms with Gasteiger partial charge in [-0.1, -0.05) is 12.1 Å². The highest BCUT2D eigenvalue weighted by molar-refractivity contribution is 7.15. The Morgan fingerprint density at radius 3 is 2.97 bits per heavy atom. The molecule has 0 aliphatic heterocycles. The number of hydrogen-bond acceptors (Lipinski definition) is 9. The third-order valence-corrected chi connectivity index (χ3v) is 4.90. The van der Waals surface area contributed by atoms with Crippen LogP contribution in [0.3, 0.4) is 0 Å². The van der Waals surface area contributed by atoms with E-state index in [2.05, 4.69) is 25.4 Å². The number of aryl methyl sites for hydroxylation is 1. The lowest BCUT2D eigenvalue weighted by Gasteiger charge is -2.08. The molecule has 0 saturated heterocycles. The third kappa shape index (κ3) is 3.74. The van der Waals surface area contributed by atoms with Crippen LogP contribution in [0.5, 0.6) is 5.75 Å². The Morgan fingerprint density at radius 2 is 2.17 bits per heavy atom. The number of rotatable bonds is 6. The van der Waals surface area contributed by atoms with Gasteiger partial charge in [-0.25, -0.2) is 19.3 Å². The Kier molecular flexibility index (Phi) is 5.09. The number of anilines is 2. The molecule has 1 aromatic carbocycles. The molecule has 0 unspecified atom stereocenters. The number of methoxy groups -OCH3 is 1. The molecule has 0 spiro atoms. The van der Waals surface area contributed by atoms with Crippen molar-refractivity contribution in [1.29, 1.82) is 0 Å². The van der Waals surface area contributed by atoms with Crippen LogP contribution in [0.25, 0.3) is 16.2 Å². The van der Waals surface area contributed by atoms with Gasteiger partial charge < -0.3 is 14.8 Å². The first-order chi connectivity index (χ1) is 14.1. The van der Waals surface area contributed by atoms with Crippen molar-refractivity contribution >= 4 is 34.0 Å². The minimum absolute atomic E-state index is 0.226. The lowest BCUT2D eigenvalue weighted by atomic mass is 10.2. The van der Waals surface area contributed by atoms with Gasteiger partial charge in [0.1, 0.15) is 17.1 Å². The van der Waals surface area contributed by atoms with E-state index >= 15 is 0 Å². The molecule has 148 valence electrons. The van der Waals surface area contributed by atoms with E-state index in [4.69, 9.17) is 9.47 Å². The maximum atomic E-state index is 12.2. The van der Waals surface area contributed by atoms with Crippen molar-refractivity contribution in [2.45, 2.75) is 13.8 Å². The van der Waals surface area contributed by atoms with Gasteiger partial charge in [0.05, 0.1) is 19.4 Å². The van der Waals surface area contributed by atoms with Crippen molar-refractivity contribution in [3.8, 4) is 17.0 Å². The van der Waals surface area contributed by atoms with Gasteiger partial charge in [0.2, 0.25) is 10.9 Å². The van der Waals surface area contributed by atoms with E-state index in [1.54, 1.807) is 25.5 Å². The minimum Gasteiger partial charge on any atom is -0.497 e. The predicted molar refractivity (Wildman–Crippen MR) is 109 cm³/mol. The summed E-state index contributed by atoms with van der Waals surface area (Å²) in [5, 5.41) is 9.52. The summed E-state index contributed by atoms with van der Waals surface area (Å²) in [6.07, 6.45) is 1.43. The zero-order valence-electron chi connectivity index (χ0n) is 16.0. The Bertz CT molecular complexity index is 1190. The predicted octanol–water partition coefficient (Wildman–Crippen LogP) is 3.49. The molecule has 1 N–H and O–H groups in total. The van der Waals surface area contributed by atoms with Crippen LogP contribution in [0.2, 0.25) is 0 Å². The van der Waals surface area contributed by atoms with Crippen LogP contribution in [0.15, 0.2) is 35.8 Å². The zero-order chi connectivity index (χ0) is 20.4. The normalized spacial score (nSPS) is 10.9. The SMILES string of the molecule is CCOC(=O)c1cnc(C)nc1Nc1nc2scc(-c3cccc(OC)c3)n2n1. The fourth-order valence-corrected chi connectivity index (χ4v) is 3.58. The van der Waals surface area contributed by atoms with Crippen LogP contribution in [0.1, 0.15) is 23.1 Å². The van der Waals surface area contributed by atoms with E-state index in [0.29, 0.717) is 22.6 Å². The molecule has 3 aromatic heterocycles. The molecule has 10 heteroatoms. The summed E-state index contributed by atoms with van der Waals surface area (Å²) in [6, 6.07) is 7.72. The van der Waals surface area contributed by atoms with Gasteiger partial charge >= 0.3 is 5.97 Å². The van der Waals surface area contributed by atoms with E-state index in [1.807, 2.05) is 29.6 Å². The molecule has 29 heavy (non-hydrogen) atoms. The summed E-state index contributed by atoms with van der Waals surface area (Å²) < 4.78 is 12.1. The van der Waals surface area contributed by atoms with Gasteiger partial charge in [-0.2, -0.15) is 4.98 Å². The molecule has 0 aliphatic carbocycles. The fourth-order valence-electron chi connectivity index (χ4n) is 2.74. The van der Waals surface area contributed by atoms with E-state index in [0.717, 1.165) is 17.0 Å². The van der Waals surface area contributed by atoms with Gasteiger partial charge in [0.15, 0.2) is 5.82 Å². The Labute approximate surface area is 170 Å². The molecule has 0 atom stereocenters. The summed E-state index contributed by atoms with van der Waals surface area (Å²) in [5.74, 6) is 1.39. The molecule has 0 radical (unpaired) electrons. The first-order valence-electron chi connectivity index (χ1n) is 8.85. The molecule has 9 nitrogen and oxygen atoms in total. The van der Waals surface area contributed by atoms with Crippen molar-refractivity contribution in [1.82, 2.24) is 24.6 Å². The van der Waals surface area contributed by atoms with Crippen molar-refractivity contribution in [3.05, 3.63) is 47.2 Å². The molecular formula is C19H18N6O3S. The van der Waals surface area contributed by atoms with Crippen LogP contribution in [-0.4, -0.2) is 44.3 Å². The number of nitrogens with zero attached hydrogens (tertiary/aromatic N) is 5. The van der Waals surface area contributed by atoms with Crippen molar-refractivity contribution < 1.29 is 14.3 Å². The second kappa shape index (κ2) is 7.84. The van der Waals surface area contributed by atoms with E-state index in [1.165, 1.54) is 17.5 Å². The van der Waals surface area contributed by atoms with Gasteiger partial charge in [-0.15, -0.1) is 16.4 Å². The average molecular weight is 410 g/mol. The van der Waals surface area contributed by atoms with E-state index in [-0.39, 0.29) is 12.2 Å². The lowest BCUT2D eigenvalue weighted by molar-refractivity contribution is 0.0526. The topological polar surface area (TPSA) is 104 Å². The number of thiazole rings is 1. The smallest absolute Gasteiger partial charge is 0.343 e. The van der Waals surface area contributed by atoms with E-state index < -0.39 is 5.97 Å². The Hall–Kier alpha value is -3.53. The number of benzene rings is 1. The largest absolute Gasteiger partial charge is 0.497 e. The van der Waals surface area contributed by atoms with Gasteiger partial charge in [-0.05, 0) is 26.0 Å².